The summed E-state index contributed by atoms with van der Waals surface area (Å²) in [5, 5.41) is 2.47. The lowest BCUT2D eigenvalue weighted by Crippen LogP contribution is -2.23. The highest BCUT2D eigenvalue weighted by Crippen LogP contribution is 2.19. The average Bonchev–Trinajstić information content (AvgIpc) is 2.97. The number of benzene rings is 2. The summed E-state index contributed by atoms with van der Waals surface area (Å²) < 4.78 is 39.9. The molecule has 0 aliphatic carbocycles. The van der Waals surface area contributed by atoms with Crippen molar-refractivity contribution in [3.05, 3.63) is 76.0 Å². The van der Waals surface area contributed by atoms with Gasteiger partial charge in [0.05, 0.1) is 0 Å². The molecule has 3 rings (SSSR count). The summed E-state index contributed by atoms with van der Waals surface area (Å²) in [5.74, 6) is -0.320. The highest BCUT2D eigenvalue weighted by atomic mass is 35.5. The van der Waals surface area contributed by atoms with Crippen molar-refractivity contribution in [1.29, 1.82) is 0 Å². The molecule has 130 valence electrons. The van der Waals surface area contributed by atoms with Gasteiger partial charge in [0, 0.05) is 34.1 Å². The van der Waals surface area contributed by atoms with Crippen LogP contribution >= 0.6 is 11.6 Å². The van der Waals surface area contributed by atoms with E-state index < -0.39 is 10.0 Å². The third-order valence-corrected chi connectivity index (χ3v) is 5.09. The van der Waals surface area contributed by atoms with Crippen LogP contribution in [0.15, 0.2) is 54.1 Å². The molecule has 0 saturated heterocycles. The van der Waals surface area contributed by atoms with Gasteiger partial charge in [-0.05, 0) is 54.0 Å². The van der Waals surface area contributed by atoms with Crippen molar-refractivity contribution in [1.82, 2.24) is 9.71 Å². The lowest BCUT2D eigenvalue weighted by Gasteiger charge is -2.03. The van der Waals surface area contributed by atoms with Gasteiger partial charge in [0.25, 0.3) is 0 Å². The summed E-state index contributed by atoms with van der Waals surface area (Å²) in [6.45, 7) is 0.219. The van der Waals surface area contributed by atoms with E-state index in [0.717, 1.165) is 27.4 Å². The monoisotopic (exact) mass is 378 g/mol. The number of hydrogen-bond donors (Lipinski definition) is 2. The van der Waals surface area contributed by atoms with Crippen molar-refractivity contribution in [3.63, 3.8) is 0 Å². The summed E-state index contributed by atoms with van der Waals surface area (Å²) in [7, 11) is -3.55. The van der Waals surface area contributed by atoms with Crippen molar-refractivity contribution >= 4 is 38.6 Å². The lowest BCUT2D eigenvalue weighted by molar-refractivity contribution is 0.591. The minimum absolute atomic E-state index is 0.219. The summed E-state index contributed by atoms with van der Waals surface area (Å²) in [6.07, 6.45) is 3.72. The standard InChI is InChI=1S/C18H16ClFN2O2S/c19-15-3-1-13(2-4-15)8-10-25(23,24)22-9-7-14-12-21-18-6-5-16(20)11-17(14)18/h1-6,8,10-12,21-22H,7,9H2/b10-8+. The molecule has 0 aliphatic heterocycles. The van der Waals surface area contributed by atoms with Gasteiger partial charge < -0.3 is 4.98 Å². The van der Waals surface area contributed by atoms with Crippen molar-refractivity contribution in [2.75, 3.05) is 6.54 Å². The summed E-state index contributed by atoms with van der Waals surface area (Å²) >= 11 is 5.79. The Balaban J connectivity index is 1.62. The maximum Gasteiger partial charge on any atom is 0.233 e. The Labute approximate surface area is 150 Å². The Kier molecular flexibility index (Phi) is 5.22. The topological polar surface area (TPSA) is 62.0 Å². The number of hydrogen-bond acceptors (Lipinski definition) is 2. The van der Waals surface area contributed by atoms with Crippen LogP contribution in [0.25, 0.3) is 17.0 Å². The van der Waals surface area contributed by atoms with E-state index in [4.69, 9.17) is 11.6 Å². The number of fused-ring (bicyclic) bond motifs is 1. The van der Waals surface area contributed by atoms with Crippen LogP contribution in [0, 0.1) is 5.82 Å². The molecule has 1 heterocycles. The van der Waals surface area contributed by atoms with Crippen molar-refractivity contribution in [3.8, 4) is 0 Å². The second-order valence-electron chi connectivity index (χ2n) is 5.55. The summed E-state index contributed by atoms with van der Waals surface area (Å²) in [4.78, 5) is 3.05. The minimum Gasteiger partial charge on any atom is -0.361 e. The zero-order valence-electron chi connectivity index (χ0n) is 13.2. The van der Waals surface area contributed by atoms with Crippen molar-refractivity contribution in [2.45, 2.75) is 6.42 Å². The SMILES string of the molecule is O=S(=O)(/C=C/c1ccc(Cl)cc1)NCCc1c[nH]c2ccc(F)cc12. The van der Waals surface area contributed by atoms with Gasteiger partial charge in [-0.15, -0.1) is 0 Å². The predicted octanol–water partition coefficient (Wildman–Crippen LogP) is 4.09. The first-order valence-corrected chi connectivity index (χ1v) is 9.54. The molecule has 3 aromatic rings. The van der Waals surface area contributed by atoms with Gasteiger partial charge in [0.1, 0.15) is 5.82 Å². The van der Waals surface area contributed by atoms with Crippen LogP contribution < -0.4 is 4.72 Å². The van der Waals surface area contributed by atoms with E-state index in [9.17, 15) is 12.8 Å². The smallest absolute Gasteiger partial charge is 0.233 e. The highest BCUT2D eigenvalue weighted by Gasteiger charge is 2.08. The number of aromatic amines is 1. The first kappa shape index (κ1) is 17.7. The molecule has 0 fully saturated rings. The number of halogens is 2. The number of sulfonamides is 1. The summed E-state index contributed by atoms with van der Waals surface area (Å²) in [6, 6.07) is 11.3. The normalized spacial score (nSPS) is 12.2. The van der Waals surface area contributed by atoms with E-state index in [1.54, 1.807) is 36.5 Å². The fraction of sp³-hybridized carbons (Fsp3) is 0.111. The molecule has 0 amide bonds. The van der Waals surface area contributed by atoms with E-state index in [2.05, 4.69) is 9.71 Å². The molecular weight excluding hydrogens is 363 g/mol. The third kappa shape index (κ3) is 4.69. The van der Waals surface area contributed by atoms with E-state index in [1.807, 2.05) is 0 Å². The van der Waals surface area contributed by atoms with E-state index in [1.165, 1.54) is 18.2 Å². The Morgan fingerprint density at radius 3 is 2.68 bits per heavy atom. The van der Waals surface area contributed by atoms with Gasteiger partial charge in [-0.2, -0.15) is 0 Å². The van der Waals surface area contributed by atoms with E-state index >= 15 is 0 Å². The number of aromatic nitrogens is 1. The first-order valence-electron chi connectivity index (χ1n) is 7.62. The van der Waals surface area contributed by atoms with Crippen LogP contribution in [-0.2, 0) is 16.4 Å². The molecule has 0 spiro atoms. The molecule has 4 nitrogen and oxygen atoms in total. The molecule has 0 saturated carbocycles. The average molecular weight is 379 g/mol. The Bertz CT molecular complexity index is 1010. The molecule has 2 aromatic carbocycles. The van der Waals surface area contributed by atoms with Gasteiger partial charge >= 0.3 is 0 Å². The Morgan fingerprint density at radius 2 is 1.92 bits per heavy atom. The Hall–Kier alpha value is -2.15. The molecular formula is C18H16ClFN2O2S. The van der Waals surface area contributed by atoms with Gasteiger partial charge in [0.15, 0.2) is 0 Å². The maximum absolute atomic E-state index is 13.3. The predicted molar refractivity (Wildman–Crippen MR) is 99.4 cm³/mol. The van der Waals surface area contributed by atoms with Crippen LogP contribution in [0.1, 0.15) is 11.1 Å². The van der Waals surface area contributed by atoms with Gasteiger partial charge in [-0.1, -0.05) is 23.7 Å². The van der Waals surface area contributed by atoms with E-state index in [0.29, 0.717) is 11.4 Å². The number of nitrogens with one attached hydrogen (secondary N) is 2. The zero-order valence-corrected chi connectivity index (χ0v) is 14.7. The molecule has 0 atom stereocenters. The van der Waals surface area contributed by atoms with Gasteiger partial charge in [0.2, 0.25) is 10.0 Å². The quantitative estimate of drug-likeness (QED) is 0.678. The number of rotatable bonds is 6. The maximum atomic E-state index is 13.3. The lowest BCUT2D eigenvalue weighted by atomic mass is 10.1. The fourth-order valence-electron chi connectivity index (χ4n) is 2.48. The minimum atomic E-state index is -3.55. The second kappa shape index (κ2) is 7.39. The highest BCUT2D eigenvalue weighted by molar-refractivity contribution is 7.92. The zero-order chi connectivity index (χ0) is 17.9. The van der Waals surface area contributed by atoms with Crippen LogP contribution in [0.2, 0.25) is 5.02 Å². The van der Waals surface area contributed by atoms with Crippen molar-refractivity contribution in [2.24, 2.45) is 0 Å². The van der Waals surface area contributed by atoms with Gasteiger partial charge in [-0.3, -0.25) is 0 Å². The molecule has 7 heteroatoms. The fourth-order valence-corrected chi connectivity index (χ4v) is 3.42. The van der Waals surface area contributed by atoms with E-state index in [-0.39, 0.29) is 12.4 Å². The third-order valence-electron chi connectivity index (χ3n) is 3.74. The molecule has 1 aromatic heterocycles. The Morgan fingerprint density at radius 1 is 1.16 bits per heavy atom. The number of H-pyrrole nitrogens is 1. The van der Waals surface area contributed by atoms with Gasteiger partial charge in [-0.25, -0.2) is 17.5 Å². The molecule has 25 heavy (non-hydrogen) atoms. The van der Waals surface area contributed by atoms with Crippen LogP contribution in [-0.4, -0.2) is 19.9 Å². The summed E-state index contributed by atoms with van der Waals surface area (Å²) in [5.41, 5.74) is 2.42. The van der Waals surface area contributed by atoms with Crippen molar-refractivity contribution < 1.29 is 12.8 Å². The molecule has 0 unspecified atom stereocenters. The van der Waals surface area contributed by atoms with Crippen LogP contribution in [0.4, 0.5) is 4.39 Å². The first-order chi connectivity index (χ1) is 11.9. The second-order valence-corrected chi connectivity index (χ2v) is 7.63. The molecule has 2 N–H and O–H groups in total. The van der Waals surface area contributed by atoms with Crippen LogP contribution in [0.5, 0.6) is 0 Å². The molecule has 0 radical (unpaired) electrons. The molecule has 0 bridgehead atoms. The molecule has 0 aliphatic rings. The largest absolute Gasteiger partial charge is 0.361 e. The van der Waals surface area contributed by atoms with Crippen LogP contribution in [0.3, 0.4) is 0 Å².